The molecule has 0 radical (unpaired) electrons. The molecule has 0 bridgehead atoms. The Hall–Kier alpha value is -2.87. The Bertz CT molecular complexity index is 1250. The number of esters is 1. The van der Waals surface area contributed by atoms with Crippen LogP contribution < -0.4 is 0 Å². The van der Waals surface area contributed by atoms with Crippen LogP contribution in [0.3, 0.4) is 0 Å². The Morgan fingerprint density at radius 2 is 1.07 bits per heavy atom. The van der Waals surface area contributed by atoms with Gasteiger partial charge in [-0.2, -0.15) is 74.6 Å². The molecule has 0 aromatic heterocycles. The molecule has 0 aliphatic carbocycles. The van der Waals surface area contributed by atoms with Crippen molar-refractivity contribution in [2.75, 3.05) is 6.61 Å². The first-order valence-electron chi connectivity index (χ1n) is 11.5. The fraction of sp³-hybridized carbons (Fsp3) is 0.565. The summed E-state index contributed by atoms with van der Waals surface area (Å²) in [5, 5.41) is -0.323. The lowest BCUT2D eigenvalue weighted by Crippen LogP contribution is -2.74. The van der Waals surface area contributed by atoms with Crippen molar-refractivity contribution in [1.29, 1.82) is 0 Å². The first-order chi connectivity index (χ1) is 19.3. The second-order valence-corrected chi connectivity index (χ2v) is 15.0. The summed E-state index contributed by atoms with van der Waals surface area (Å²) in [4.78, 5) is 24.3. The molecule has 44 heavy (non-hydrogen) atoms. The van der Waals surface area contributed by atoms with Crippen LogP contribution in [0.25, 0.3) is 6.08 Å². The Kier molecular flexibility index (Phi) is 10.5. The van der Waals surface area contributed by atoms with Crippen molar-refractivity contribution in [3.8, 4) is 0 Å². The summed E-state index contributed by atoms with van der Waals surface area (Å²) in [7, 11) is -2.45. The highest BCUT2D eigenvalue weighted by atomic mass is 28.3. The lowest BCUT2D eigenvalue weighted by molar-refractivity contribution is -0.461. The summed E-state index contributed by atoms with van der Waals surface area (Å²) in [5.74, 6) is -58.8. The number of benzene rings is 1. The number of halogens is 17. The summed E-state index contributed by atoms with van der Waals surface area (Å²) in [6.07, 6.45) is -9.45. The Labute approximate surface area is 237 Å². The quantitative estimate of drug-likeness (QED) is 0.0899. The van der Waals surface area contributed by atoms with Crippen LogP contribution >= 0.6 is 0 Å². The van der Waals surface area contributed by atoms with E-state index in [-0.39, 0.29) is 16.5 Å². The van der Waals surface area contributed by atoms with Gasteiger partial charge in [-0.25, -0.2) is 4.79 Å². The van der Waals surface area contributed by atoms with E-state index in [0.29, 0.717) is 6.08 Å². The van der Waals surface area contributed by atoms with Crippen molar-refractivity contribution < 1.29 is 89.0 Å². The van der Waals surface area contributed by atoms with Gasteiger partial charge in [0, 0.05) is 11.6 Å². The van der Waals surface area contributed by atoms with Gasteiger partial charge in [-0.1, -0.05) is 43.9 Å². The molecular formula is C23H19F17O3Si. The molecule has 3 nitrogen and oxygen atoms in total. The lowest BCUT2D eigenvalue weighted by Gasteiger charge is -2.42. The maximum absolute atomic E-state index is 13.9. The zero-order valence-corrected chi connectivity index (χ0v) is 23.0. The summed E-state index contributed by atoms with van der Waals surface area (Å²) in [5.41, 5.74) is 0.143. The van der Waals surface area contributed by atoms with Crippen molar-refractivity contribution in [1.82, 2.24) is 0 Å². The third-order valence-electron chi connectivity index (χ3n) is 5.73. The van der Waals surface area contributed by atoms with Crippen LogP contribution in [0.2, 0.25) is 19.6 Å². The van der Waals surface area contributed by atoms with Gasteiger partial charge in [-0.3, -0.25) is 0 Å². The minimum absolute atomic E-state index is 0.0597. The van der Waals surface area contributed by atoms with Gasteiger partial charge in [0.25, 0.3) is 0 Å². The molecule has 1 rings (SSSR count). The van der Waals surface area contributed by atoms with Crippen LogP contribution in [0.15, 0.2) is 30.3 Å². The normalized spacial score (nSPS) is 15.1. The second-order valence-electron chi connectivity index (χ2n) is 10.1. The van der Waals surface area contributed by atoms with Crippen molar-refractivity contribution in [3.63, 3.8) is 0 Å². The van der Waals surface area contributed by atoms with Crippen molar-refractivity contribution in [3.05, 3.63) is 41.5 Å². The van der Waals surface area contributed by atoms with Crippen molar-refractivity contribution in [2.45, 2.75) is 73.7 Å². The molecule has 0 atom stereocenters. The molecule has 0 aliphatic rings. The van der Waals surface area contributed by atoms with Crippen LogP contribution in [-0.4, -0.2) is 73.7 Å². The maximum atomic E-state index is 13.9. The van der Waals surface area contributed by atoms with Gasteiger partial charge in [0.05, 0.1) is 13.0 Å². The van der Waals surface area contributed by atoms with E-state index in [1.54, 1.807) is 19.6 Å². The molecule has 0 heterocycles. The molecule has 1 aromatic carbocycles. The maximum Gasteiger partial charge on any atom is 0.460 e. The lowest BCUT2D eigenvalue weighted by atomic mass is 9.88. The molecular weight excluding hydrogens is 675 g/mol. The fourth-order valence-electron chi connectivity index (χ4n) is 3.09. The summed E-state index contributed by atoms with van der Waals surface area (Å²) in [6, 6.07) is 5.45. The van der Waals surface area contributed by atoms with Crippen LogP contribution in [0, 0.1) is 0 Å². The number of hydrogen-bond acceptors (Lipinski definition) is 3. The van der Waals surface area contributed by atoms with Gasteiger partial charge >= 0.3 is 53.6 Å². The number of alkyl halides is 17. The Morgan fingerprint density at radius 3 is 1.50 bits per heavy atom. The highest BCUT2D eigenvalue weighted by molar-refractivity contribution is 7.05. The summed E-state index contributed by atoms with van der Waals surface area (Å²) in [6.45, 7) is 2.90. The highest BCUT2D eigenvalue weighted by Crippen LogP contribution is 2.64. The third-order valence-corrected chi connectivity index (χ3v) is 7.36. The monoisotopic (exact) mass is 694 g/mol. The van der Waals surface area contributed by atoms with Gasteiger partial charge < -0.3 is 9.53 Å². The molecule has 0 spiro atoms. The van der Waals surface area contributed by atoms with Gasteiger partial charge in [-0.15, -0.1) is 0 Å². The number of carbonyl (C=O) groups is 2. The van der Waals surface area contributed by atoms with E-state index in [4.69, 9.17) is 0 Å². The molecule has 21 heteroatoms. The average Bonchev–Trinajstić information content (AvgIpc) is 2.85. The molecule has 1 aromatic rings. The molecule has 0 N–H and O–H groups in total. The van der Waals surface area contributed by atoms with Crippen LogP contribution in [-0.2, 0) is 9.53 Å². The van der Waals surface area contributed by atoms with E-state index < -0.39 is 74.7 Å². The van der Waals surface area contributed by atoms with Gasteiger partial charge in [0.15, 0.2) is 0 Å². The fourth-order valence-corrected chi connectivity index (χ4v) is 4.13. The standard InChI is InChI=1S/C23H19F17O3Si/c1-44(2,3)15(42)13-7-5-4-6-12(13)8-9-14(41)43-11-10-16(24,25)17(26,27)18(28,29)19(30,31)20(32,33)21(34,35)22(36,37)23(38,39)40/h4-9H,10-11H2,1-3H3/b9-8+. The molecule has 0 unspecified atom stereocenters. The van der Waals surface area contributed by atoms with E-state index in [2.05, 4.69) is 4.74 Å². The minimum Gasteiger partial charge on any atom is -0.462 e. The topological polar surface area (TPSA) is 43.4 Å². The molecule has 0 fully saturated rings. The number of hydrogen-bond donors (Lipinski definition) is 0. The molecule has 0 saturated heterocycles. The number of ether oxygens (including phenoxy) is 1. The van der Waals surface area contributed by atoms with E-state index >= 15 is 0 Å². The predicted molar refractivity (Wildman–Crippen MR) is 119 cm³/mol. The predicted octanol–water partition coefficient (Wildman–Crippen LogP) is 8.70. The van der Waals surface area contributed by atoms with E-state index in [0.717, 1.165) is 6.08 Å². The molecule has 0 aliphatic heterocycles. The SMILES string of the molecule is C[Si](C)(C)C(=O)c1ccccc1/C=C/C(=O)OCCC(F)(F)C(F)(F)C(F)(F)C(F)(F)C(F)(F)C(F)(F)C(F)(F)C(F)(F)F. The van der Waals surface area contributed by atoms with Gasteiger partial charge in [-0.05, 0) is 11.6 Å². The largest absolute Gasteiger partial charge is 0.462 e. The van der Waals surface area contributed by atoms with Crippen molar-refractivity contribution in [2.24, 2.45) is 0 Å². The van der Waals surface area contributed by atoms with E-state index in [9.17, 15) is 84.2 Å². The third kappa shape index (κ3) is 6.56. The first kappa shape index (κ1) is 39.2. The smallest absolute Gasteiger partial charge is 0.460 e. The Balaban J connectivity index is 3.21. The van der Waals surface area contributed by atoms with Crippen LogP contribution in [0.4, 0.5) is 74.6 Å². The zero-order valence-electron chi connectivity index (χ0n) is 22.0. The second kappa shape index (κ2) is 11.8. The highest BCUT2D eigenvalue weighted by Gasteiger charge is 2.95. The van der Waals surface area contributed by atoms with Crippen molar-refractivity contribution >= 4 is 25.5 Å². The van der Waals surface area contributed by atoms with Crippen LogP contribution in [0.5, 0.6) is 0 Å². The number of rotatable bonds is 13. The molecule has 0 saturated carbocycles. The Morgan fingerprint density at radius 1 is 0.659 bits per heavy atom. The van der Waals surface area contributed by atoms with E-state index in [1.807, 2.05) is 0 Å². The average molecular weight is 694 g/mol. The van der Waals surface area contributed by atoms with Gasteiger partial charge in [0.1, 0.15) is 13.5 Å². The number of carbonyl (C=O) groups excluding carboxylic acids is 2. The zero-order chi connectivity index (χ0) is 35.2. The first-order valence-corrected chi connectivity index (χ1v) is 15.0. The summed E-state index contributed by atoms with van der Waals surface area (Å²) < 4.78 is 230. The van der Waals surface area contributed by atoms with Gasteiger partial charge in [0.2, 0.25) is 0 Å². The molecule has 252 valence electrons. The van der Waals surface area contributed by atoms with E-state index in [1.165, 1.54) is 24.3 Å². The van der Waals surface area contributed by atoms with Crippen LogP contribution in [0.1, 0.15) is 22.3 Å². The minimum atomic E-state index is -8.72. The summed E-state index contributed by atoms with van der Waals surface area (Å²) >= 11 is 0. The molecule has 0 amide bonds.